The lowest BCUT2D eigenvalue weighted by Gasteiger charge is -2.12. The molecule has 3 aromatic heterocycles. The molecule has 0 amide bonds. The molecule has 0 aliphatic rings. The number of benzene rings is 1. The molecule has 6 nitrogen and oxygen atoms in total. The van der Waals surface area contributed by atoms with Crippen LogP contribution >= 0.6 is 23.2 Å². The van der Waals surface area contributed by atoms with Gasteiger partial charge in [-0.2, -0.15) is 18.3 Å². The molecule has 0 unspecified atom stereocenters. The van der Waals surface area contributed by atoms with Gasteiger partial charge in [-0.1, -0.05) is 23.2 Å². The Kier molecular flexibility index (Phi) is 5.03. The van der Waals surface area contributed by atoms with Gasteiger partial charge in [0.15, 0.2) is 0 Å². The topological polar surface area (TPSA) is 73.8 Å². The van der Waals surface area contributed by atoms with E-state index in [1.807, 2.05) is 0 Å². The molecule has 0 saturated heterocycles. The second-order valence-electron chi connectivity index (χ2n) is 6.44. The molecule has 3 heterocycles. The molecule has 0 aliphatic carbocycles. The summed E-state index contributed by atoms with van der Waals surface area (Å²) in [5.41, 5.74) is 0.210. The third-order valence-corrected chi connectivity index (χ3v) is 4.79. The largest absolute Gasteiger partial charge is 0.408 e. The van der Waals surface area contributed by atoms with Gasteiger partial charge >= 0.3 is 11.8 Å². The number of fused-ring (bicyclic) bond motifs is 1. The lowest BCUT2D eigenvalue weighted by atomic mass is 10.1. The molecule has 0 radical (unpaired) electrons. The van der Waals surface area contributed by atoms with Crippen molar-refractivity contribution in [2.24, 2.45) is 0 Å². The Bertz CT molecular complexity index is 1330. The summed E-state index contributed by atoms with van der Waals surface area (Å²) in [4.78, 5) is 20.9. The molecule has 0 saturated carbocycles. The Balaban J connectivity index is 2.00. The number of hydrogen-bond acceptors (Lipinski definition) is 5. The van der Waals surface area contributed by atoms with E-state index in [1.165, 1.54) is 24.4 Å². The second kappa shape index (κ2) is 7.41. The van der Waals surface area contributed by atoms with Crippen molar-refractivity contribution < 1.29 is 17.6 Å². The fourth-order valence-corrected chi connectivity index (χ4v) is 3.55. The maximum Gasteiger partial charge on any atom is 0.408 e. The smallest absolute Gasteiger partial charge is 0.403 e. The Morgan fingerprint density at radius 1 is 1.23 bits per heavy atom. The molecule has 4 rings (SSSR count). The minimum Gasteiger partial charge on any atom is -0.403 e. The zero-order chi connectivity index (χ0) is 21.6. The number of aryl methyl sites for hydroxylation is 1. The van der Waals surface area contributed by atoms with Crippen molar-refractivity contribution in [3.63, 3.8) is 0 Å². The van der Waals surface area contributed by atoms with E-state index < -0.39 is 18.3 Å². The van der Waals surface area contributed by atoms with Crippen LogP contribution in [-0.2, 0) is 6.54 Å². The number of alkyl halides is 3. The summed E-state index contributed by atoms with van der Waals surface area (Å²) in [5.74, 6) is -0.205. The molecule has 0 spiro atoms. The first-order valence-electron chi connectivity index (χ1n) is 8.49. The van der Waals surface area contributed by atoms with Crippen LogP contribution in [0.3, 0.4) is 0 Å². The predicted molar refractivity (Wildman–Crippen MR) is 106 cm³/mol. The minimum atomic E-state index is -4.55. The zero-order valence-corrected chi connectivity index (χ0v) is 16.7. The Hall–Kier alpha value is -2.91. The van der Waals surface area contributed by atoms with Gasteiger partial charge < -0.3 is 4.42 Å². The average molecular weight is 455 g/mol. The molecular weight excluding hydrogens is 444 g/mol. The fourth-order valence-electron chi connectivity index (χ4n) is 3.06. The SMILES string of the molecule is Cc1cc(Cl)cc2c(=O)oc(-c3cnn(CC(F)(F)F)c3-c3ncccc3Cl)nc12. The van der Waals surface area contributed by atoms with Crippen molar-refractivity contribution in [2.75, 3.05) is 0 Å². The zero-order valence-electron chi connectivity index (χ0n) is 15.2. The first kappa shape index (κ1) is 20.4. The van der Waals surface area contributed by atoms with Crippen LogP contribution in [0.15, 0.2) is 45.9 Å². The van der Waals surface area contributed by atoms with Crippen LogP contribution in [0.2, 0.25) is 10.0 Å². The average Bonchev–Trinajstić information content (AvgIpc) is 3.04. The van der Waals surface area contributed by atoms with Crippen molar-refractivity contribution in [3.05, 3.63) is 62.7 Å². The van der Waals surface area contributed by atoms with E-state index in [-0.39, 0.29) is 33.3 Å². The molecule has 0 N–H and O–H groups in total. The molecule has 0 fully saturated rings. The highest BCUT2D eigenvalue weighted by atomic mass is 35.5. The summed E-state index contributed by atoms with van der Waals surface area (Å²) in [7, 11) is 0. The van der Waals surface area contributed by atoms with Crippen LogP contribution in [-0.4, -0.2) is 25.9 Å². The molecule has 0 atom stereocenters. The molecule has 4 aromatic rings. The molecule has 154 valence electrons. The predicted octanol–water partition coefficient (Wildman–Crippen LogP) is 5.29. The van der Waals surface area contributed by atoms with Gasteiger partial charge in [0, 0.05) is 11.2 Å². The maximum atomic E-state index is 13.1. The lowest BCUT2D eigenvalue weighted by Crippen LogP contribution is -2.19. The van der Waals surface area contributed by atoms with Gasteiger partial charge in [0.25, 0.3) is 0 Å². The summed E-state index contributed by atoms with van der Waals surface area (Å²) in [6.45, 7) is 0.315. The number of aromatic nitrogens is 4. The summed E-state index contributed by atoms with van der Waals surface area (Å²) in [5, 5.41) is 4.41. The summed E-state index contributed by atoms with van der Waals surface area (Å²) < 4.78 is 45.3. The fraction of sp³-hybridized carbons (Fsp3) is 0.158. The first-order valence-corrected chi connectivity index (χ1v) is 9.24. The van der Waals surface area contributed by atoms with Gasteiger partial charge in [0.05, 0.1) is 27.7 Å². The van der Waals surface area contributed by atoms with Crippen molar-refractivity contribution >= 4 is 34.1 Å². The van der Waals surface area contributed by atoms with Crippen molar-refractivity contribution in [3.8, 4) is 22.8 Å². The van der Waals surface area contributed by atoms with Crippen LogP contribution in [0.4, 0.5) is 13.2 Å². The van der Waals surface area contributed by atoms with Gasteiger partial charge in [0.1, 0.15) is 17.9 Å². The summed E-state index contributed by atoms with van der Waals surface area (Å²) in [6, 6.07) is 6.05. The van der Waals surface area contributed by atoms with E-state index >= 15 is 0 Å². The van der Waals surface area contributed by atoms with E-state index in [0.29, 0.717) is 20.8 Å². The van der Waals surface area contributed by atoms with Crippen LogP contribution in [0.25, 0.3) is 33.7 Å². The normalized spacial score (nSPS) is 11.9. The van der Waals surface area contributed by atoms with Crippen molar-refractivity contribution in [1.82, 2.24) is 19.7 Å². The van der Waals surface area contributed by atoms with Crippen molar-refractivity contribution in [2.45, 2.75) is 19.6 Å². The van der Waals surface area contributed by atoms with E-state index in [2.05, 4.69) is 15.1 Å². The maximum absolute atomic E-state index is 13.1. The molecule has 0 bridgehead atoms. The highest BCUT2D eigenvalue weighted by Crippen LogP contribution is 2.35. The van der Waals surface area contributed by atoms with Crippen LogP contribution in [0.1, 0.15) is 5.56 Å². The quantitative estimate of drug-likeness (QED) is 0.420. The number of pyridine rings is 1. The van der Waals surface area contributed by atoms with Crippen LogP contribution in [0.5, 0.6) is 0 Å². The Morgan fingerprint density at radius 2 is 2.00 bits per heavy atom. The molecule has 30 heavy (non-hydrogen) atoms. The number of nitrogens with zero attached hydrogens (tertiary/aromatic N) is 4. The summed E-state index contributed by atoms with van der Waals surface area (Å²) >= 11 is 12.2. The highest BCUT2D eigenvalue weighted by molar-refractivity contribution is 6.33. The standard InChI is InChI=1S/C19H11Cl2F3N4O2/c1-9-5-10(20)6-11-14(9)27-17(30-18(11)29)12-7-26-28(8-19(22,23)24)16(12)15-13(21)3-2-4-25-15/h2-7H,8H2,1H3. The van der Waals surface area contributed by atoms with Gasteiger partial charge in [-0.25, -0.2) is 9.78 Å². The van der Waals surface area contributed by atoms with Gasteiger partial charge in [-0.15, -0.1) is 0 Å². The Morgan fingerprint density at radius 3 is 2.70 bits per heavy atom. The minimum absolute atomic E-state index is 0.0493. The lowest BCUT2D eigenvalue weighted by molar-refractivity contribution is -0.142. The number of hydrogen-bond donors (Lipinski definition) is 0. The third kappa shape index (κ3) is 3.78. The number of rotatable bonds is 3. The van der Waals surface area contributed by atoms with Crippen LogP contribution in [0, 0.1) is 6.92 Å². The molecule has 0 aliphatic heterocycles. The van der Waals surface area contributed by atoms with E-state index in [9.17, 15) is 18.0 Å². The van der Waals surface area contributed by atoms with E-state index in [1.54, 1.807) is 13.0 Å². The molecular formula is C19H11Cl2F3N4O2. The van der Waals surface area contributed by atoms with E-state index in [0.717, 1.165) is 6.20 Å². The molecule has 11 heteroatoms. The van der Waals surface area contributed by atoms with Crippen LogP contribution < -0.4 is 5.63 Å². The first-order chi connectivity index (χ1) is 14.1. The van der Waals surface area contributed by atoms with Gasteiger partial charge in [0.2, 0.25) is 5.89 Å². The third-order valence-electron chi connectivity index (χ3n) is 4.27. The Labute approximate surface area is 176 Å². The van der Waals surface area contributed by atoms with Crippen molar-refractivity contribution in [1.29, 1.82) is 0 Å². The summed E-state index contributed by atoms with van der Waals surface area (Å²) in [6.07, 6.45) is -2.04. The second-order valence-corrected chi connectivity index (χ2v) is 7.28. The van der Waals surface area contributed by atoms with E-state index in [4.69, 9.17) is 27.6 Å². The molecule has 1 aromatic carbocycles. The van der Waals surface area contributed by atoms with Gasteiger partial charge in [-0.3, -0.25) is 9.67 Å². The highest BCUT2D eigenvalue weighted by Gasteiger charge is 2.32. The monoisotopic (exact) mass is 454 g/mol. The number of halogens is 5. The van der Waals surface area contributed by atoms with Gasteiger partial charge in [-0.05, 0) is 36.8 Å².